The normalized spacial score (nSPS) is 11.5. The van der Waals surface area contributed by atoms with E-state index < -0.39 is 23.0 Å². The first-order valence-corrected chi connectivity index (χ1v) is 4.61. The molecule has 1 amide bonds. The van der Waals surface area contributed by atoms with Crippen LogP contribution in [0.5, 0.6) is 0 Å². The molecule has 0 spiro atoms. The summed E-state index contributed by atoms with van der Waals surface area (Å²) in [7, 11) is 0. The van der Waals surface area contributed by atoms with Crippen LogP contribution in [0.2, 0.25) is 0 Å². The second kappa shape index (κ2) is 4.35. The lowest BCUT2D eigenvalue weighted by atomic mass is 10.0. The third-order valence-electron chi connectivity index (χ3n) is 1.51. The van der Waals surface area contributed by atoms with Crippen LogP contribution in [0.3, 0.4) is 0 Å². The van der Waals surface area contributed by atoms with Gasteiger partial charge >= 0.3 is 6.09 Å². The van der Waals surface area contributed by atoms with Crippen molar-refractivity contribution >= 4 is 11.9 Å². The summed E-state index contributed by atoms with van der Waals surface area (Å²) in [5, 5.41) is 2.41. The molecule has 0 heterocycles. The maximum Gasteiger partial charge on any atom is 0.408 e. The molecule has 0 saturated carbocycles. The number of terminal acetylenes is 1. The van der Waals surface area contributed by atoms with Gasteiger partial charge in [0.15, 0.2) is 0 Å². The number of amides is 1. The van der Waals surface area contributed by atoms with Gasteiger partial charge in [-0.3, -0.25) is 4.79 Å². The predicted molar refractivity (Wildman–Crippen MR) is 57.3 cm³/mol. The van der Waals surface area contributed by atoms with E-state index in [2.05, 4.69) is 5.32 Å². The highest BCUT2D eigenvalue weighted by Crippen LogP contribution is 2.09. The second-order valence-corrected chi connectivity index (χ2v) is 4.73. The standard InChI is InChI=1S/C11H17NO3/c1-7-8(13)11(5,6)12-9(14)15-10(2,3)4/h1H,2-6H3,(H,12,14). The number of Topliss-reactive ketones (excluding diaryl/α,β-unsaturated/α-hetero) is 1. The quantitative estimate of drug-likeness (QED) is 0.556. The molecule has 1 N–H and O–H groups in total. The summed E-state index contributed by atoms with van der Waals surface area (Å²) in [6.07, 6.45) is 4.31. The van der Waals surface area contributed by atoms with Gasteiger partial charge in [-0.05, 0) is 40.5 Å². The monoisotopic (exact) mass is 211 g/mol. The highest BCUT2D eigenvalue weighted by Gasteiger charge is 2.30. The Labute approximate surface area is 90.4 Å². The summed E-state index contributed by atoms with van der Waals surface area (Å²) >= 11 is 0. The first-order valence-electron chi connectivity index (χ1n) is 4.61. The minimum Gasteiger partial charge on any atom is -0.444 e. The fourth-order valence-electron chi connectivity index (χ4n) is 0.796. The van der Waals surface area contributed by atoms with Gasteiger partial charge in [0.1, 0.15) is 11.1 Å². The molecular formula is C11H17NO3. The van der Waals surface area contributed by atoms with Crippen LogP contribution in [0.25, 0.3) is 0 Å². The van der Waals surface area contributed by atoms with Crippen LogP contribution in [0.4, 0.5) is 4.79 Å². The van der Waals surface area contributed by atoms with E-state index in [0.29, 0.717) is 0 Å². The van der Waals surface area contributed by atoms with Crippen LogP contribution in [0.15, 0.2) is 0 Å². The molecule has 0 aromatic rings. The number of rotatable bonds is 2. The second-order valence-electron chi connectivity index (χ2n) is 4.73. The van der Waals surface area contributed by atoms with Gasteiger partial charge in [0.25, 0.3) is 0 Å². The lowest BCUT2D eigenvalue weighted by Crippen LogP contribution is -2.50. The SMILES string of the molecule is C#CC(=O)C(C)(C)NC(=O)OC(C)(C)C. The van der Waals surface area contributed by atoms with Gasteiger partial charge < -0.3 is 10.1 Å². The van der Waals surface area contributed by atoms with E-state index >= 15 is 0 Å². The van der Waals surface area contributed by atoms with Gasteiger partial charge in [-0.25, -0.2) is 4.79 Å². The first-order chi connectivity index (χ1) is 6.58. The Balaban J connectivity index is 4.43. The van der Waals surface area contributed by atoms with Gasteiger partial charge in [-0.1, -0.05) is 0 Å². The first kappa shape index (κ1) is 13.5. The number of hydrogen-bond donors (Lipinski definition) is 1. The Morgan fingerprint density at radius 2 is 1.67 bits per heavy atom. The van der Waals surface area contributed by atoms with Gasteiger partial charge in [-0.2, -0.15) is 0 Å². The molecule has 4 nitrogen and oxygen atoms in total. The number of ketones is 1. The highest BCUT2D eigenvalue weighted by atomic mass is 16.6. The number of carbonyl (C=O) groups excluding carboxylic acids is 2. The summed E-state index contributed by atoms with van der Waals surface area (Å²) in [6.45, 7) is 8.27. The summed E-state index contributed by atoms with van der Waals surface area (Å²) in [5.41, 5.74) is -1.70. The zero-order chi connectivity index (χ0) is 12.3. The van der Waals surface area contributed by atoms with E-state index in [1.54, 1.807) is 20.8 Å². The van der Waals surface area contributed by atoms with E-state index in [9.17, 15) is 9.59 Å². The molecule has 0 aromatic heterocycles. The average molecular weight is 211 g/mol. The van der Waals surface area contributed by atoms with Crippen LogP contribution < -0.4 is 5.32 Å². The fraction of sp³-hybridized carbons (Fsp3) is 0.636. The number of hydrogen-bond acceptors (Lipinski definition) is 3. The fourth-order valence-corrected chi connectivity index (χ4v) is 0.796. The third kappa shape index (κ3) is 5.06. The van der Waals surface area contributed by atoms with Gasteiger partial charge in [-0.15, -0.1) is 6.42 Å². The minimum atomic E-state index is -1.10. The molecule has 84 valence electrons. The minimum absolute atomic E-state index is 0.492. The van der Waals surface area contributed by atoms with Crippen molar-refractivity contribution in [2.75, 3.05) is 0 Å². The van der Waals surface area contributed by atoms with Crippen molar-refractivity contribution in [3.8, 4) is 12.3 Å². The largest absolute Gasteiger partial charge is 0.444 e. The summed E-state index contributed by atoms with van der Waals surface area (Å²) < 4.78 is 5.00. The van der Waals surface area contributed by atoms with E-state index in [4.69, 9.17) is 11.2 Å². The molecule has 0 atom stereocenters. The van der Waals surface area contributed by atoms with Crippen molar-refractivity contribution in [1.29, 1.82) is 0 Å². The molecule has 4 heteroatoms. The molecule has 0 aromatic carbocycles. The maximum atomic E-state index is 11.3. The molecule has 0 aliphatic rings. The van der Waals surface area contributed by atoms with Crippen molar-refractivity contribution in [2.45, 2.75) is 45.8 Å². The molecule has 0 aliphatic heterocycles. The molecule has 0 aliphatic carbocycles. The van der Waals surface area contributed by atoms with Gasteiger partial charge in [0.2, 0.25) is 5.78 Å². The van der Waals surface area contributed by atoms with Crippen molar-refractivity contribution in [3.63, 3.8) is 0 Å². The molecule has 0 radical (unpaired) electrons. The van der Waals surface area contributed by atoms with Crippen molar-refractivity contribution < 1.29 is 14.3 Å². The molecule has 0 bridgehead atoms. The van der Waals surface area contributed by atoms with Crippen LogP contribution in [-0.4, -0.2) is 23.0 Å². The smallest absolute Gasteiger partial charge is 0.408 e. The average Bonchev–Trinajstić information content (AvgIpc) is 1.97. The third-order valence-corrected chi connectivity index (χ3v) is 1.51. The summed E-state index contributed by atoms with van der Waals surface area (Å²) in [6, 6.07) is 0. The number of ether oxygens (including phenoxy) is 1. The van der Waals surface area contributed by atoms with Gasteiger partial charge in [0, 0.05) is 0 Å². The van der Waals surface area contributed by atoms with Crippen LogP contribution >= 0.6 is 0 Å². The predicted octanol–water partition coefficient (Wildman–Crippen LogP) is 1.49. The molecule has 0 fully saturated rings. The molecule has 0 unspecified atom stereocenters. The van der Waals surface area contributed by atoms with Crippen LogP contribution in [0, 0.1) is 12.3 Å². The lowest BCUT2D eigenvalue weighted by Gasteiger charge is -2.25. The molecular weight excluding hydrogens is 194 g/mol. The Bertz CT molecular complexity index is 305. The van der Waals surface area contributed by atoms with E-state index in [-0.39, 0.29) is 0 Å². The summed E-state index contributed by atoms with van der Waals surface area (Å²) in [5.74, 6) is 1.47. The van der Waals surface area contributed by atoms with E-state index in [1.807, 2.05) is 5.92 Å². The van der Waals surface area contributed by atoms with E-state index in [1.165, 1.54) is 13.8 Å². The molecule has 15 heavy (non-hydrogen) atoms. The van der Waals surface area contributed by atoms with Crippen molar-refractivity contribution in [3.05, 3.63) is 0 Å². The number of carbonyl (C=O) groups is 2. The molecule has 0 saturated heterocycles. The Morgan fingerprint density at radius 3 is 2.00 bits per heavy atom. The Kier molecular flexibility index (Phi) is 3.91. The Morgan fingerprint density at radius 1 is 1.20 bits per heavy atom. The number of nitrogens with one attached hydrogen (secondary N) is 1. The highest BCUT2D eigenvalue weighted by molar-refractivity contribution is 6.03. The van der Waals surface area contributed by atoms with Gasteiger partial charge in [0.05, 0.1) is 0 Å². The molecule has 0 rings (SSSR count). The topological polar surface area (TPSA) is 55.4 Å². The van der Waals surface area contributed by atoms with Crippen LogP contribution in [0.1, 0.15) is 34.6 Å². The number of alkyl carbamates (subject to hydrolysis) is 1. The van der Waals surface area contributed by atoms with Crippen molar-refractivity contribution in [2.24, 2.45) is 0 Å². The van der Waals surface area contributed by atoms with E-state index in [0.717, 1.165) is 0 Å². The maximum absolute atomic E-state index is 11.3. The zero-order valence-corrected chi connectivity index (χ0v) is 9.80. The summed E-state index contributed by atoms with van der Waals surface area (Å²) in [4.78, 5) is 22.6. The lowest BCUT2D eigenvalue weighted by molar-refractivity contribution is -0.118. The Hall–Kier alpha value is -1.50. The van der Waals surface area contributed by atoms with Crippen LogP contribution in [-0.2, 0) is 9.53 Å². The van der Waals surface area contributed by atoms with Crippen molar-refractivity contribution in [1.82, 2.24) is 5.32 Å². The zero-order valence-electron chi connectivity index (χ0n) is 9.80.